The number of carboxylic acid groups (broad SMARTS) is 1. The van der Waals surface area contributed by atoms with Crippen molar-refractivity contribution in [2.75, 3.05) is 4.72 Å². The molecule has 3 N–H and O–H groups in total. The van der Waals surface area contributed by atoms with E-state index in [0.29, 0.717) is 0 Å². The van der Waals surface area contributed by atoms with E-state index in [9.17, 15) is 13.2 Å². The molecule has 2 rings (SSSR count). The lowest BCUT2D eigenvalue weighted by molar-refractivity contribution is 0.0696. The van der Waals surface area contributed by atoms with Crippen LogP contribution in [0.1, 0.15) is 10.4 Å². The van der Waals surface area contributed by atoms with Crippen LogP contribution in [-0.2, 0) is 10.0 Å². The van der Waals surface area contributed by atoms with Gasteiger partial charge in [-0.25, -0.2) is 13.2 Å². The molecule has 1 heterocycles. The number of hydrogen-bond donors (Lipinski definition) is 3. The summed E-state index contributed by atoms with van der Waals surface area (Å²) in [7, 11) is -3.98. The Morgan fingerprint density at radius 3 is 2.74 bits per heavy atom. The molecule has 2 aromatic rings. The SMILES string of the molecule is O=C(O)c1ccc(Cl)c(S(=O)(=O)Nc2cn[nH]c2)c1. The van der Waals surface area contributed by atoms with Gasteiger partial charge in [-0.05, 0) is 18.2 Å². The maximum atomic E-state index is 12.1. The van der Waals surface area contributed by atoms with E-state index in [1.54, 1.807) is 0 Å². The summed E-state index contributed by atoms with van der Waals surface area (Å²) in [4.78, 5) is 10.5. The Labute approximate surface area is 113 Å². The Morgan fingerprint density at radius 1 is 1.42 bits per heavy atom. The van der Waals surface area contributed by atoms with Gasteiger partial charge in [0.25, 0.3) is 10.0 Å². The van der Waals surface area contributed by atoms with Crippen LogP contribution in [0.25, 0.3) is 0 Å². The second-order valence-electron chi connectivity index (χ2n) is 3.54. The van der Waals surface area contributed by atoms with E-state index in [-0.39, 0.29) is 21.2 Å². The van der Waals surface area contributed by atoms with Crippen molar-refractivity contribution in [1.29, 1.82) is 0 Å². The number of carbonyl (C=O) groups is 1. The molecule has 0 bridgehead atoms. The average Bonchev–Trinajstić information content (AvgIpc) is 2.81. The smallest absolute Gasteiger partial charge is 0.335 e. The zero-order valence-corrected chi connectivity index (χ0v) is 10.9. The van der Waals surface area contributed by atoms with Gasteiger partial charge in [0.05, 0.1) is 22.5 Å². The van der Waals surface area contributed by atoms with Crippen LogP contribution in [0.3, 0.4) is 0 Å². The number of sulfonamides is 1. The van der Waals surface area contributed by atoms with Crippen LogP contribution < -0.4 is 4.72 Å². The van der Waals surface area contributed by atoms with E-state index < -0.39 is 16.0 Å². The average molecular weight is 302 g/mol. The number of anilines is 1. The molecule has 0 unspecified atom stereocenters. The van der Waals surface area contributed by atoms with Crippen molar-refractivity contribution in [2.45, 2.75) is 4.90 Å². The highest BCUT2D eigenvalue weighted by atomic mass is 35.5. The van der Waals surface area contributed by atoms with Gasteiger partial charge in [0, 0.05) is 6.20 Å². The monoisotopic (exact) mass is 301 g/mol. The normalized spacial score (nSPS) is 11.2. The highest BCUT2D eigenvalue weighted by molar-refractivity contribution is 7.92. The first-order valence-corrected chi connectivity index (χ1v) is 6.81. The first-order valence-electron chi connectivity index (χ1n) is 4.94. The van der Waals surface area contributed by atoms with Crippen LogP contribution in [0.2, 0.25) is 5.02 Å². The third-order valence-corrected chi connectivity index (χ3v) is 4.08. The Morgan fingerprint density at radius 2 is 2.16 bits per heavy atom. The van der Waals surface area contributed by atoms with Crippen molar-refractivity contribution in [2.24, 2.45) is 0 Å². The summed E-state index contributed by atoms with van der Waals surface area (Å²) in [5.74, 6) is -1.24. The molecule has 0 spiro atoms. The fraction of sp³-hybridized carbons (Fsp3) is 0. The predicted octanol–water partition coefficient (Wildman–Crippen LogP) is 1.56. The lowest BCUT2D eigenvalue weighted by Crippen LogP contribution is -2.14. The first kappa shape index (κ1) is 13.4. The van der Waals surface area contributed by atoms with Crippen molar-refractivity contribution in [3.63, 3.8) is 0 Å². The van der Waals surface area contributed by atoms with Gasteiger partial charge in [-0.15, -0.1) is 0 Å². The molecule has 0 amide bonds. The molecule has 0 saturated heterocycles. The van der Waals surface area contributed by atoms with E-state index in [4.69, 9.17) is 16.7 Å². The van der Waals surface area contributed by atoms with Gasteiger partial charge in [-0.3, -0.25) is 9.82 Å². The fourth-order valence-electron chi connectivity index (χ4n) is 1.36. The van der Waals surface area contributed by atoms with Crippen molar-refractivity contribution in [3.8, 4) is 0 Å². The first-order chi connectivity index (χ1) is 8.90. The lowest BCUT2D eigenvalue weighted by Gasteiger charge is -2.08. The Hall–Kier alpha value is -2.06. The number of nitrogens with one attached hydrogen (secondary N) is 2. The molecule has 9 heteroatoms. The van der Waals surface area contributed by atoms with E-state index >= 15 is 0 Å². The number of aromatic carboxylic acids is 1. The summed E-state index contributed by atoms with van der Waals surface area (Å²) in [6.45, 7) is 0. The maximum Gasteiger partial charge on any atom is 0.335 e. The Bertz CT molecular complexity index is 712. The third kappa shape index (κ3) is 2.85. The van der Waals surface area contributed by atoms with Gasteiger partial charge >= 0.3 is 5.97 Å². The van der Waals surface area contributed by atoms with Gasteiger partial charge in [0.1, 0.15) is 4.90 Å². The van der Waals surface area contributed by atoms with E-state index in [1.165, 1.54) is 24.5 Å². The summed E-state index contributed by atoms with van der Waals surface area (Å²) in [5.41, 5.74) is 0.0498. The summed E-state index contributed by atoms with van der Waals surface area (Å²) in [5, 5.41) is 14.8. The summed E-state index contributed by atoms with van der Waals surface area (Å²) >= 11 is 5.79. The van der Waals surface area contributed by atoms with Gasteiger partial charge in [0.15, 0.2) is 0 Å². The van der Waals surface area contributed by atoms with Crippen molar-refractivity contribution in [3.05, 3.63) is 41.2 Å². The predicted molar refractivity (Wildman–Crippen MR) is 67.8 cm³/mol. The highest BCUT2D eigenvalue weighted by Gasteiger charge is 2.20. The third-order valence-electron chi connectivity index (χ3n) is 2.22. The van der Waals surface area contributed by atoms with Crippen LogP contribution in [0.4, 0.5) is 5.69 Å². The van der Waals surface area contributed by atoms with Gasteiger partial charge in [-0.1, -0.05) is 11.6 Å². The second-order valence-corrected chi connectivity index (χ2v) is 5.60. The molecule has 0 fully saturated rings. The molecule has 0 aliphatic heterocycles. The quantitative estimate of drug-likeness (QED) is 0.793. The summed E-state index contributed by atoms with van der Waals surface area (Å²) in [6.07, 6.45) is 2.61. The standard InChI is InChI=1S/C10H8ClN3O4S/c11-8-2-1-6(10(15)16)3-9(8)19(17,18)14-7-4-12-13-5-7/h1-5,14H,(H,12,13)(H,15,16). The fourth-order valence-corrected chi connectivity index (χ4v) is 2.92. The molecule has 0 atom stereocenters. The second kappa shape index (κ2) is 4.90. The van der Waals surface area contributed by atoms with E-state index in [1.807, 2.05) is 0 Å². The van der Waals surface area contributed by atoms with Crippen molar-refractivity contribution in [1.82, 2.24) is 10.2 Å². The van der Waals surface area contributed by atoms with E-state index in [2.05, 4.69) is 14.9 Å². The molecule has 19 heavy (non-hydrogen) atoms. The number of rotatable bonds is 4. The van der Waals surface area contributed by atoms with Crippen LogP contribution in [0, 0.1) is 0 Å². The topological polar surface area (TPSA) is 112 Å². The minimum absolute atomic E-state index is 0.0685. The molecular weight excluding hydrogens is 294 g/mol. The van der Waals surface area contributed by atoms with Crippen molar-refractivity contribution >= 4 is 33.3 Å². The van der Waals surface area contributed by atoms with Gasteiger partial charge in [-0.2, -0.15) is 5.10 Å². The minimum Gasteiger partial charge on any atom is -0.478 e. The van der Waals surface area contributed by atoms with Crippen LogP contribution in [-0.4, -0.2) is 29.7 Å². The zero-order chi connectivity index (χ0) is 14.0. The van der Waals surface area contributed by atoms with Crippen molar-refractivity contribution < 1.29 is 18.3 Å². The molecule has 0 aliphatic rings. The van der Waals surface area contributed by atoms with E-state index in [0.717, 1.165) is 6.07 Å². The molecule has 1 aromatic heterocycles. The number of hydrogen-bond acceptors (Lipinski definition) is 4. The zero-order valence-electron chi connectivity index (χ0n) is 9.29. The number of aromatic nitrogens is 2. The Kier molecular flexibility index (Phi) is 3.45. The van der Waals surface area contributed by atoms with Gasteiger partial charge in [0.2, 0.25) is 0 Å². The number of aromatic amines is 1. The molecule has 0 aliphatic carbocycles. The maximum absolute atomic E-state index is 12.1. The van der Waals surface area contributed by atoms with Crippen LogP contribution >= 0.6 is 11.6 Å². The molecule has 1 aromatic carbocycles. The molecule has 100 valence electrons. The molecule has 0 saturated carbocycles. The van der Waals surface area contributed by atoms with Crippen LogP contribution in [0.5, 0.6) is 0 Å². The number of H-pyrrole nitrogens is 1. The number of halogens is 1. The van der Waals surface area contributed by atoms with Gasteiger partial charge < -0.3 is 5.11 Å². The summed E-state index contributed by atoms with van der Waals surface area (Å²) < 4.78 is 26.4. The summed E-state index contributed by atoms with van der Waals surface area (Å²) in [6, 6.07) is 3.43. The minimum atomic E-state index is -3.98. The lowest BCUT2D eigenvalue weighted by atomic mass is 10.2. The molecular formula is C10H8ClN3O4S. The Balaban J connectivity index is 2.45. The number of nitrogens with zero attached hydrogens (tertiary/aromatic N) is 1. The molecule has 0 radical (unpaired) electrons. The number of benzene rings is 1. The number of carboxylic acids is 1. The van der Waals surface area contributed by atoms with Crippen LogP contribution in [0.15, 0.2) is 35.5 Å². The molecule has 7 nitrogen and oxygen atoms in total. The largest absolute Gasteiger partial charge is 0.478 e. The highest BCUT2D eigenvalue weighted by Crippen LogP contribution is 2.24.